The molecule has 2 N–H and O–H groups in total. The maximum Gasteiger partial charge on any atom is 0.119 e. The number of hydrogen-bond acceptors (Lipinski definition) is 4. The molecule has 0 bridgehead atoms. The largest absolute Gasteiger partial charge is 0.494 e. The van der Waals surface area contributed by atoms with Crippen molar-refractivity contribution < 1.29 is 9.47 Å². The van der Waals surface area contributed by atoms with Gasteiger partial charge in [0.25, 0.3) is 0 Å². The molecule has 0 amide bonds. The highest BCUT2D eigenvalue weighted by Crippen LogP contribution is 2.16. The first-order valence-corrected chi connectivity index (χ1v) is 9.17. The molecular weight excluding hydrogens is 288 g/mol. The summed E-state index contributed by atoms with van der Waals surface area (Å²) in [7, 11) is 0. The molecule has 0 aliphatic carbocycles. The highest BCUT2D eigenvalue weighted by atomic mass is 16.5. The Balaban J connectivity index is 1.52. The zero-order valence-corrected chi connectivity index (χ0v) is 14.5. The van der Waals surface area contributed by atoms with Crippen molar-refractivity contribution in [2.24, 2.45) is 0 Å². The smallest absolute Gasteiger partial charge is 0.119 e. The Morgan fingerprint density at radius 3 is 2.74 bits per heavy atom. The Morgan fingerprint density at radius 2 is 2.00 bits per heavy atom. The van der Waals surface area contributed by atoms with Gasteiger partial charge in [-0.1, -0.05) is 26.2 Å². The van der Waals surface area contributed by atoms with Crippen LogP contribution in [0.3, 0.4) is 0 Å². The summed E-state index contributed by atoms with van der Waals surface area (Å²) < 4.78 is 11.3. The molecule has 2 rings (SSSR count). The van der Waals surface area contributed by atoms with Crippen molar-refractivity contribution in [2.45, 2.75) is 51.6 Å². The van der Waals surface area contributed by atoms with E-state index in [9.17, 15) is 0 Å². The molecule has 0 aromatic heterocycles. The number of benzene rings is 1. The topological polar surface area (TPSA) is 42.5 Å². The van der Waals surface area contributed by atoms with E-state index in [1.54, 1.807) is 0 Å². The van der Waals surface area contributed by atoms with Crippen LogP contribution in [0.2, 0.25) is 0 Å². The van der Waals surface area contributed by atoms with Crippen LogP contribution in [0, 0.1) is 0 Å². The van der Waals surface area contributed by atoms with Gasteiger partial charge in [0.2, 0.25) is 0 Å². The van der Waals surface area contributed by atoms with E-state index in [2.05, 4.69) is 29.7 Å². The van der Waals surface area contributed by atoms with Crippen LogP contribution in [0.1, 0.15) is 45.4 Å². The molecule has 1 aromatic carbocycles. The van der Waals surface area contributed by atoms with E-state index in [1.165, 1.54) is 32.1 Å². The van der Waals surface area contributed by atoms with Gasteiger partial charge in [0.15, 0.2) is 0 Å². The minimum absolute atomic E-state index is 0.420. The highest BCUT2D eigenvalue weighted by Gasteiger charge is 2.13. The second kappa shape index (κ2) is 11.3. The van der Waals surface area contributed by atoms with Crippen LogP contribution in [0.25, 0.3) is 0 Å². The molecule has 130 valence electrons. The van der Waals surface area contributed by atoms with Crippen molar-refractivity contribution in [3.8, 4) is 5.75 Å². The van der Waals surface area contributed by atoms with Gasteiger partial charge >= 0.3 is 0 Å². The van der Waals surface area contributed by atoms with Gasteiger partial charge in [-0.2, -0.15) is 0 Å². The first-order chi connectivity index (χ1) is 11.4. The third kappa shape index (κ3) is 7.71. The zero-order chi connectivity index (χ0) is 16.2. The molecule has 23 heavy (non-hydrogen) atoms. The fourth-order valence-electron chi connectivity index (χ4n) is 2.75. The van der Waals surface area contributed by atoms with Crippen LogP contribution in [0.5, 0.6) is 5.75 Å². The summed E-state index contributed by atoms with van der Waals surface area (Å²) in [6, 6.07) is 8.26. The third-order valence-corrected chi connectivity index (χ3v) is 4.15. The Kier molecular flexibility index (Phi) is 8.89. The molecule has 4 nitrogen and oxygen atoms in total. The molecule has 1 aliphatic heterocycles. The fraction of sp³-hybridized carbons (Fsp3) is 0.684. The van der Waals surface area contributed by atoms with Crippen LogP contribution < -0.4 is 15.4 Å². The lowest BCUT2D eigenvalue weighted by molar-refractivity contribution is 0.110. The third-order valence-electron chi connectivity index (χ3n) is 4.15. The lowest BCUT2D eigenvalue weighted by Gasteiger charge is -2.12. The summed E-state index contributed by atoms with van der Waals surface area (Å²) in [5.41, 5.74) is 1.14. The minimum Gasteiger partial charge on any atom is -0.494 e. The van der Waals surface area contributed by atoms with E-state index in [0.29, 0.717) is 6.10 Å². The molecule has 1 atom stereocenters. The standard InChI is InChI=1S/C19H32N2O2/c1-2-3-4-5-14-22-18-10-8-17(9-11-18)21-13-12-20-16-19-7-6-15-23-19/h8-11,19-21H,2-7,12-16H2,1H3. The van der Waals surface area contributed by atoms with Crippen molar-refractivity contribution in [1.82, 2.24) is 5.32 Å². The van der Waals surface area contributed by atoms with Gasteiger partial charge in [0, 0.05) is 31.9 Å². The molecule has 1 heterocycles. The maximum atomic E-state index is 5.75. The maximum absolute atomic E-state index is 5.75. The number of anilines is 1. The number of ether oxygens (including phenoxy) is 2. The van der Waals surface area contributed by atoms with Crippen LogP contribution in [-0.4, -0.2) is 39.0 Å². The SMILES string of the molecule is CCCCCCOc1ccc(NCCNCC2CCCO2)cc1. The predicted octanol–water partition coefficient (Wildman–Crippen LogP) is 3.83. The second-order valence-corrected chi connectivity index (χ2v) is 6.20. The van der Waals surface area contributed by atoms with Gasteiger partial charge in [0.05, 0.1) is 12.7 Å². The fourth-order valence-corrected chi connectivity index (χ4v) is 2.75. The number of unbranched alkanes of at least 4 members (excludes halogenated alkanes) is 3. The molecule has 0 radical (unpaired) electrons. The Labute approximate surface area is 140 Å². The lowest BCUT2D eigenvalue weighted by atomic mass is 10.2. The van der Waals surface area contributed by atoms with Crippen molar-refractivity contribution in [3.63, 3.8) is 0 Å². The summed E-state index contributed by atoms with van der Waals surface area (Å²) in [6.07, 6.45) is 7.79. The summed E-state index contributed by atoms with van der Waals surface area (Å²) >= 11 is 0. The molecule has 4 heteroatoms. The first-order valence-electron chi connectivity index (χ1n) is 9.17. The van der Waals surface area contributed by atoms with Gasteiger partial charge in [0.1, 0.15) is 5.75 Å². The Hall–Kier alpha value is -1.26. The van der Waals surface area contributed by atoms with E-state index in [-0.39, 0.29) is 0 Å². The molecule has 1 saturated heterocycles. The molecule has 1 aliphatic rings. The number of rotatable bonds is 12. The molecule has 1 fully saturated rings. The van der Waals surface area contributed by atoms with Gasteiger partial charge in [-0.05, 0) is 43.5 Å². The summed E-state index contributed by atoms with van der Waals surface area (Å²) in [4.78, 5) is 0. The van der Waals surface area contributed by atoms with Crippen LogP contribution in [0.4, 0.5) is 5.69 Å². The number of hydrogen-bond donors (Lipinski definition) is 2. The van der Waals surface area contributed by atoms with Gasteiger partial charge in [-0.25, -0.2) is 0 Å². The van der Waals surface area contributed by atoms with E-state index in [0.717, 1.165) is 50.7 Å². The van der Waals surface area contributed by atoms with Gasteiger partial charge in [-0.3, -0.25) is 0 Å². The highest BCUT2D eigenvalue weighted by molar-refractivity contribution is 5.46. The predicted molar refractivity (Wildman–Crippen MR) is 96.4 cm³/mol. The van der Waals surface area contributed by atoms with Crippen molar-refractivity contribution in [1.29, 1.82) is 0 Å². The van der Waals surface area contributed by atoms with Crippen molar-refractivity contribution in [3.05, 3.63) is 24.3 Å². The van der Waals surface area contributed by atoms with Crippen LogP contribution in [0.15, 0.2) is 24.3 Å². The lowest BCUT2D eigenvalue weighted by Crippen LogP contribution is -2.30. The Morgan fingerprint density at radius 1 is 1.13 bits per heavy atom. The van der Waals surface area contributed by atoms with E-state index in [4.69, 9.17) is 9.47 Å². The van der Waals surface area contributed by atoms with Crippen LogP contribution >= 0.6 is 0 Å². The van der Waals surface area contributed by atoms with E-state index >= 15 is 0 Å². The quantitative estimate of drug-likeness (QED) is 0.575. The normalized spacial score (nSPS) is 17.3. The van der Waals surface area contributed by atoms with Crippen molar-refractivity contribution >= 4 is 5.69 Å². The van der Waals surface area contributed by atoms with Crippen molar-refractivity contribution in [2.75, 3.05) is 38.2 Å². The molecule has 1 unspecified atom stereocenters. The van der Waals surface area contributed by atoms with E-state index in [1.807, 2.05) is 12.1 Å². The summed E-state index contributed by atoms with van der Waals surface area (Å²) in [5.74, 6) is 0.962. The zero-order valence-electron chi connectivity index (χ0n) is 14.5. The molecular formula is C19H32N2O2. The number of nitrogens with one attached hydrogen (secondary N) is 2. The van der Waals surface area contributed by atoms with Gasteiger partial charge in [-0.15, -0.1) is 0 Å². The first kappa shape index (κ1) is 18.1. The molecule has 0 saturated carbocycles. The minimum atomic E-state index is 0.420. The Bertz CT molecular complexity index is 402. The second-order valence-electron chi connectivity index (χ2n) is 6.20. The monoisotopic (exact) mass is 320 g/mol. The van der Waals surface area contributed by atoms with Crippen LogP contribution in [-0.2, 0) is 4.74 Å². The summed E-state index contributed by atoms with van der Waals surface area (Å²) in [6.45, 7) is 6.81. The summed E-state index contributed by atoms with van der Waals surface area (Å²) in [5, 5.41) is 6.86. The molecule has 0 spiro atoms. The average molecular weight is 320 g/mol. The molecule has 1 aromatic rings. The average Bonchev–Trinajstić information content (AvgIpc) is 3.09. The van der Waals surface area contributed by atoms with Gasteiger partial charge < -0.3 is 20.1 Å². The van der Waals surface area contributed by atoms with E-state index < -0.39 is 0 Å².